The summed E-state index contributed by atoms with van der Waals surface area (Å²) in [7, 11) is 1.54. The molecule has 40 heavy (non-hydrogen) atoms. The van der Waals surface area contributed by atoms with Crippen molar-refractivity contribution in [3.8, 4) is 33.8 Å². The van der Waals surface area contributed by atoms with Gasteiger partial charge in [-0.05, 0) is 72.3 Å². The molecule has 202 valence electrons. The van der Waals surface area contributed by atoms with Gasteiger partial charge in [-0.2, -0.15) is 18.3 Å². The summed E-state index contributed by atoms with van der Waals surface area (Å²) in [4.78, 5) is 16.6. The van der Waals surface area contributed by atoms with Gasteiger partial charge >= 0.3 is 12.2 Å². The van der Waals surface area contributed by atoms with E-state index in [1.54, 1.807) is 54.5 Å². The van der Waals surface area contributed by atoms with Crippen LogP contribution in [0.1, 0.15) is 5.56 Å². The smallest absolute Gasteiger partial charge is 0.416 e. The highest BCUT2D eigenvalue weighted by Crippen LogP contribution is 2.36. The number of anilines is 2. The molecule has 0 unspecified atom stereocenters. The number of carbonyl (C=O) groups is 1. The minimum atomic E-state index is -4.52. The van der Waals surface area contributed by atoms with Crippen molar-refractivity contribution >= 4 is 29.0 Å². The van der Waals surface area contributed by atoms with E-state index in [1.165, 1.54) is 12.1 Å². The summed E-state index contributed by atoms with van der Waals surface area (Å²) in [6, 6.07) is 19.7. The van der Waals surface area contributed by atoms with Crippen LogP contribution in [0.5, 0.6) is 5.75 Å². The standard InChI is InChI=1S/C29H21ClF3N5O2/c1-40-26-9-8-19(14-25(26)30)27-24(18-10-12-34-13-11-18)17-38(37-27)23-7-3-6-22(16-23)36-28(39)35-21-5-2-4-20(15-21)29(31,32)33/h2-17H,1H3,(H2,35,36,39). The maximum Gasteiger partial charge on any atom is 0.416 e. The van der Waals surface area contributed by atoms with Crippen molar-refractivity contribution in [2.45, 2.75) is 6.18 Å². The monoisotopic (exact) mass is 563 g/mol. The van der Waals surface area contributed by atoms with E-state index in [1.807, 2.05) is 30.5 Å². The number of nitrogens with one attached hydrogen (secondary N) is 2. The van der Waals surface area contributed by atoms with Crippen LogP contribution in [0.2, 0.25) is 5.02 Å². The predicted molar refractivity (Wildman–Crippen MR) is 148 cm³/mol. The minimum absolute atomic E-state index is 0.0142. The molecule has 2 N–H and O–H groups in total. The quantitative estimate of drug-likeness (QED) is 0.220. The number of halogens is 4. The number of ether oxygens (including phenoxy) is 1. The molecule has 5 aromatic rings. The van der Waals surface area contributed by atoms with E-state index in [2.05, 4.69) is 15.6 Å². The zero-order valence-corrected chi connectivity index (χ0v) is 21.7. The fourth-order valence-electron chi connectivity index (χ4n) is 4.07. The highest BCUT2D eigenvalue weighted by Gasteiger charge is 2.30. The Hall–Kier alpha value is -4.83. The van der Waals surface area contributed by atoms with Crippen molar-refractivity contribution < 1.29 is 22.7 Å². The molecule has 5 rings (SSSR count). The number of amides is 2. The molecular weight excluding hydrogens is 543 g/mol. The molecule has 7 nitrogen and oxygen atoms in total. The normalized spacial score (nSPS) is 11.2. The van der Waals surface area contributed by atoms with Crippen molar-refractivity contribution in [2.24, 2.45) is 0 Å². The Morgan fingerprint density at radius 2 is 1.60 bits per heavy atom. The van der Waals surface area contributed by atoms with Crippen LogP contribution in [-0.4, -0.2) is 27.9 Å². The van der Waals surface area contributed by atoms with Crippen LogP contribution >= 0.6 is 11.6 Å². The van der Waals surface area contributed by atoms with Gasteiger partial charge in [0, 0.05) is 41.1 Å². The number of nitrogens with zero attached hydrogens (tertiary/aromatic N) is 3. The van der Waals surface area contributed by atoms with Gasteiger partial charge in [-0.1, -0.05) is 23.7 Å². The van der Waals surface area contributed by atoms with Crippen molar-refractivity contribution in [3.05, 3.63) is 108 Å². The average Bonchev–Trinajstić information content (AvgIpc) is 3.39. The van der Waals surface area contributed by atoms with Crippen molar-refractivity contribution in [1.82, 2.24) is 14.8 Å². The summed E-state index contributed by atoms with van der Waals surface area (Å²) in [5.74, 6) is 0.539. The molecule has 2 aromatic heterocycles. The Balaban J connectivity index is 1.43. The molecule has 0 aliphatic heterocycles. The zero-order valence-electron chi connectivity index (χ0n) is 20.9. The molecule has 2 amide bonds. The number of hydrogen-bond acceptors (Lipinski definition) is 4. The molecule has 0 bridgehead atoms. The van der Waals surface area contributed by atoms with E-state index in [0.717, 1.165) is 28.8 Å². The van der Waals surface area contributed by atoms with Gasteiger partial charge < -0.3 is 15.4 Å². The lowest BCUT2D eigenvalue weighted by molar-refractivity contribution is -0.137. The lowest BCUT2D eigenvalue weighted by Gasteiger charge is -2.11. The fourth-order valence-corrected chi connectivity index (χ4v) is 4.33. The molecule has 0 saturated heterocycles. The Labute approximate surface area is 232 Å². The van der Waals surface area contributed by atoms with Crippen LogP contribution in [0.25, 0.3) is 28.1 Å². The molecule has 0 aliphatic carbocycles. The van der Waals surface area contributed by atoms with Crippen molar-refractivity contribution in [3.63, 3.8) is 0 Å². The van der Waals surface area contributed by atoms with Crippen molar-refractivity contribution in [1.29, 1.82) is 0 Å². The van der Waals surface area contributed by atoms with Crippen LogP contribution in [-0.2, 0) is 6.18 Å². The summed E-state index contributed by atoms with van der Waals surface area (Å²) < 4.78 is 46.0. The van der Waals surface area contributed by atoms with E-state index in [9.17, 15) is 18.0 Å². The zero-order chi connectivity index (χ0) is 28.3. The molecular formula is C29H21ClF3N5O2. The lowest BCUT2D eigenvalue weighted by atomic mass is 10.0. The van der Waals surface area contributed by atoms with Gasteiger partial charge in [0.05, 0.1) is 23.4 Å². The highest BCUT2D eigenvalue weighted by atomic mass is 35.5. The number of hydrogen-bond donors (Lipinski definition) is 2. The molecule has 0 spiro atoms. The average molecular weight is 564 g/mol. The van der Waals surface area contributed by atoms with Crippen LogP contribution in [0.3, 0.4) is 0 Å². The molecule has 11 heteroatoms. The second-order valence-electron chi connectivity index (χ2n) is 8.63. The Kier molecular flexibility index (Phi) is 7.43. The molecule has 3 aromatic carbocycles. The number of urea groups is 1. The van der Waals surface area contributed by atoms with Gasteiger partial charge in [0.25, 0.3) is 0 Å². The van der Waals surface area contributed by atoms with Crippen LogP contribution in [0, 0.1) is 0 Å². The van der Waals surface area contributed by atoms with Gasteiger partial charge in [-0.25, -0.2) is 9.48 Å². The molecule has 0 aliphatic rings. The Morgan fingerprint density at radius 1 is 0.900 bits per heavy atom. The summed E-state index contributed by atoms with van der Waals surface area (Å²) in [6.45, 7) is 0. The third kappa shape index (κ3) is 5.92. The first kappa shape index (κ1) is 26.8. The van der Waals surface area contributed by atoms with Crippen molar-refractivity contribution in [2.75, 3.05) is 17.7 Å². The first-order valence-corrected chi connectivity index (χ1v) is 12.3. The van der Waals surface area contributed by atoms with E-state index in [0.29, 0.717) is 27.8 Å². The summed E-state index contributed by atoms with van der Waals surface area (Å²) in [5, 5.41) is 10.3. The second-order valence-corrected chi connectivity index (χ2v) is 9.04. The second kappa shape index (κ2) is 11.1. The van der Waals surface area contributed by atoms with E-state index in [4.69, 9.17) is 21.4 Å². The number of rotatable bonds is 6. The predicted octanol–water partition coefficient (Wildman–Crippen LogP) is 7.93. The Morgan fingerprint density at radius 3 is 2.27 bits per heavy atom. The SMILES string of the molecule is COc1ccc(-c2nn(-c3cccc(NC(=O)Nc4cccc(C(F)(F)F)c4)c3)cc2-c2ccncc2)cc1Cl. The third-order valence-electron chi connectivity index (χ3n) is 5.95. The van der Waals surface area contributed by atoms with Gasteiger partial charge in [0.15, 0.2) is 0 Å². The van der Waals surface area contributed by atoms with E-state index < -0.39 is 17.8 Å². The first-order valence-electron chi connectivity index (χ1n) is 11.9. The number of alkyl halides is 3. The van der Waals surface area contributed by atoms with E-state index >= 15 is 0 Å². The number of benzene rings is 3. The van der Waals surface area contributed by atoms with Crippen LogP contribution < -0.4 is 15.4 Å². The summed E-state index contributed by atoms with van der Waals surface area (Å²) >= 11 is 6.39. The van der Waals surface area contributed by atoms with Gasteiger partial charge in [-0.3, -0.25) is 4.98 Å². The minimum Gasteiger partial charge on any atom is -0.495 e. The number of carbonyl (C=O) groups excluding carboxylic acids is 1. The number of methoxy groups -OCH3 is 1. The maximum atomic E-state index is 13.0. The van der Waals surface area contributed by atoms with Gasteiger partial charge in [0.2, 0.25) is 0 Å². The van der Waals surface area contributed by atoms with Gasteiger partial charge in [0.1, 0.15) is 11.4 Å². The molecule has 0 atom stereocenters. The van der Waals surface area contributed by atoms with Crippen LogP contribution in [0.15, 0.2) is 97.5 Å². The molecule has 0 saturated carbocycles. The fraction of sp³-hybridized carbons (Fsp3) is 0.0690. The topological polar surface area (TPSA) is 81.1 Å². The summed E-state index contributed by atoms with van der Waals surface area (Å²) in [6.07, 6.45) is 0.706. The first-order chi connectivity index (χ1) is 19.2. The molecule has 2 heterocycles. The van der Waals surface area contributed by atoms with Crippen LogP contribution in [0.4, 0.5) is 29.3 Å². The molecule has 0 radical (unpaired) electrons. The summed E-state index contributed by atoms with van der Waals surface area (Å²) in [5.41, 5.74) is 3.35. The highest BCUT2D eigenvalue weighted by molar-refractivity contribution is 6.32. The van der Waals surface area contributed by atoms with Gasteiger partial charge in [-0.15, -0.1) is 0 Å². The maximum absolute atomic E-state index is 13.0. The third-order valence-corrected chi connectivity index (χ3v) is 6.24. The number of pyridine rings is 1. The largest absolute Gasteiger partial charge is 0.495 e. The number of aromatic nitrogens is 3. The Bertz CT molecular complexity index is 1670. The van der Waals surface area contributed by atoms with E-state index in [-0.39, 0.29) is 5.69 Å². The molecule has 0 fully saturated rings. The lowest BCUT2D eigenvalue weighted by Crippen LogP contribution is -2.20.